The van der Waals surface area contributed by atoms with Crippen molar-refractivity contribution in [3.63, 3.8) is 0 Å². The van der Waals surface area contributed by atoms with Gasteiger partial charge in [0.2, 0.25) is 0 Å². The van der Waals surface area contributed by atoms with E-state index in [4.69, 9.17) is 5.11 Å². The van der Waals surface area contributed by atoms with E-state index in [1.165, 1.54) is 0 Å². The Morgan fingerprint density at radius 2 is 2.33 bits per heavy atom. The summed E-state index contributed by atoms with van der Waals surface area (Å²) in [5, 5.41) is 18.5. The first-order valence-electron chi connectivity index (χ1n) is 4.85. The summed E-state index contributed by atoms with van der Waals surface area (Å²) in [5.41, 5.74) is 0.640. The second-order valence-electron chi connectivity index (χ2n) is 4.62. The predicted octanol–water partition coefficient (Wildman–Crippen LogP) is 0.999. The van der Waals surface area contributed by atoms with Crippen molar-refractivity contribution in [2.45, 2.75) is 33.4 Å². The number of aromatic nitrogens is 2. The van der Waals surface area contributed by atoms with Crippen molar-refractivity contribution < 1.29 is 9.90 Å². The third-order valence-corrected chi connectivity index (χ3v) is 2.18. The molecule has 0 bridgehead atoms. The molecule has 5 heteroatoms. The third kappa shape index (κ3) is 3.36. The predicted molar refractivity (Wildman–Crippen MR) is 56.3 cm³/mol. The Hall–Kier alpha value is -1.36. The summed E-state index contributed by atoms with van der Waals surface area (Å²) in [6.07, 6.45) is 3.42. The van der Waals surface area contributed by atoms with E-state index in [2.05, 4.69) is 15.5 Å². The van der Waals surface area contributed by atoms with Gasteiger partial charge in [-0.1, -0.05) is 20.8 Å². The smallest absolute Gasteiger partial charge is 0.321 e. The SMILES string of the molecule is CC(C)(C)C(NCc1cn[nH]c1)C(=O)O. The number of nitrogens with one attached hydrogen (secondary N) is 2. The highest BCUT2D eigenvalue weighted by atomic mass is 16.4. The van der Waals surface area contributed by atoms with Gasteiger partial charge in [-0.15, -0.1) is 0 Å². The molecule has 5 nitrogen and oxygen atoms in total. The maximum atomic E-state index is 11.0. The van der Waals surface area contributed by atoms with Crippen LogP contribution in [0.3, 0.4) is 0 Å². The Bertz CT molecular complexity index is 314. The van der Waals surface area contributed by atoms with Crippen LogP contribution in [0.1, 0.15) is 26.3 Å². The normalized spacial score (nSPS) is 13.8. The van der Waals surface area contributed by atoms with Crippen LogP contribution in [-0.2, 0) is 11.3 Å². The van der Waals surface area contributed by atoms with Crippen LogP contribution >= 0.6 is 0 Å². The number of hydrogen-bond acceptors (Lipinski definition) is 3. The van der Waals surface area contributed by atoms with Gasteiger partial charge in [0.1, 0.15) is 6.04 Å². The van der Waals surface area contributed by atoms with Gasteiger partial charge in [-0.05, 0) is 5.41 Å². The van der Waals surface area contributed by atoms with Gasteiger partial charge in [0.05, 0.1) is 6.20 Å². The van der Waals surface area contributed by atoms with Crippen molar-refractivity contribution in [2.75, 3.05) is 0 Å². The Balaban J connectivity index is 2.57. The fourth-order valence-electron chi connectivity index (χ4n) is 1.36. The highest BCUT2D eigenvalue weighted by molar-refractivity contribution is 5.74. The lowest BCUT2D eigenvalue weighted by atomic mass is 9.87. The van der Waals surface area contributed by atoms with Crippen LogP contribution in [0.2, 0.25) is 0 Å². The molecule has 0 aliphatic heterocycles. The molecule has 0 radical (unpaired) electrons. The van der Waals surface area contributed by atoms with Crippen molar-refractivity contribution in [1.82, 2.24) is 15.5 Å². The molecule has 84 valence electrons. The number of nitrogens with zero attached hydrogens (tertiary/aromatic N) is 1. The maximum absolute atomic E-state index is 11.0. The second kappa shape index (κ2) is 4.44. The minimum absolute atomic E-state index is 0.310. The molecular formula is C10H17N3O2. The first-order valence-corrected chi connectivity index (χ1v) is 4.85. The van der Waals surface area contributed by atoms with Crippen LogP contribution < -0.4 is 5.32 Å². The number of carboxylic acids is 1. The fourth-order valence-corrected chi connectivity index (χ4v) is 1.36. The van der Waals surface area contributed by atoms with Crippen molar-refractivity contribution in [1.29, 1.82) is 0 Å². The Labute approximate surface area is 88.9 Å². The van der Waals surface area contributed by atoms with E-state index >= 15 is 0 Å². The summed E-state index contributed by atoms with van der Waals surface area (Å²) in [4.78, 5) is 11.0. The van der Waals surface area contributed by atoms with E-state index in [1.807, 2.05) is 20.8 Å². The summed E-state index contributed by atoms with van der Waals surface area (Å²) in [6.45, 7) is 6.20. The molecule has 1 heterocycles. The van der Waals surface area contributed by atoms with E-state index < -0.39 is 12.0 Å². The van der Waals surface area contributed by atoms with Gasteiger partial charge in [-0.25, -0.2) is 0 Å². The Kier molecular flexibility index (Phi) is 3.47. The number of carboxylic acid groups (broad SMARTS) is 1. The van der Waals surface area contributed by atoms with Crippen LogP contribution in [-0.4, -0.2) is 27.3 Å². The minimum atomic E-state index is -0.828. The van der Waals surface area contributed by atoms with Gasteiger partial charge in [0.15, 0.2) is 0 Å². The molecule has 0 aliphatic rings. The zero-order valence-corrected chi connectivity index (χ0v) is 9.24. The molecule has 0 aromatic carbocycles. The molecule has 1 unspecified atom stereocenters. The summed E-state index contributed by atoms with van der Waals surface area (Å²) in [7, 11) is 0. The third-order valence-electron chi connectivity index (χ3n) is 2.18. The summed E-state index contributed by atoms with van der Waals surface area (Å²) in [6, 6.07) is -0.563. The molecule has 0 spiro atoms. The Morgan fingerprint density at radius 3 is 2.73 bits per heavy atom. The average Bonchev–Trinajstić information content (AvgIpc) is 2.53. The maximum Gasteiger partial charge on any atom is 0.321 e. The van der Waals surface area contributed by atoms with Gasteiger partial charge in [0, 0.05) is 18.3 Å². The highest BCUT2D eigenvalue weighted by Crippen LogP contribution is 2.19. The zero-order valence-electron chi connectivity index (χ0n) is 9.24. The van der Waals surface area contributed by atoms with E-state index in [1.54, 1.807) is 12.4 Å². The van der Waals surface area contributed by atoms with E-state index in [9.17, 15) is 4.79 Å². The van der Waals surface area contributed by atoms with E-state index in [0.29, 0.717) is 6.54 Å². The van der Waals surface area contributed by atoms with E-state index in [-0.39, 0.29) is 5.41 Å². The molecule has 3 N–H and O–H groups in total. The monoisotopic (exact) mass is 211 g/mol. The molecule has 0 fully saturated rings. The molecule has 1 aromatic rings. The number of aliphatic carboxylic acids is 1. The van der Waals surface area contributed by atoms with Gasteiger partial charge < -0.3 is 5.11 Å². The summed E-state index contributed by atoms with van der Waals surface area (Å²) >= 11 is 0. The van der Waals surface area contributed by atoms with Gasteiger partial charge in [-0.3, -0.25) is 15.2 Å². The average molecular weight is 211 g/mol. The van der Waals surface area contributed by atoms with E-state index in [0.717, 1.165) is 5.56 Å². The molecule has 0 saturated carbocycles. The van der Waals surface area contributed by atoms with Gasteiger partial charge in [0.25, 0.3) is 0 Å². The molecule has 0 amide bonds. The number of rotatable bonds is 4. The zero-order chi connectivity index (χ0) is 11.5. The van der Waals surface area contributed by atoms with Crippen molar-refractivity contribution >= 4 is 5.97 Å². The lowest BCUT2D eigenvalue weighted by molar-refractivity contribution is -0.142. The van der Waals surface area contributed by atoms with Crippen LogP contribution in [0.5, 0.6) is 0 Å². The lowest BCUT2D eigenvalue weighted by Crippen LogP contribution is -2.46. The molecule has 1 rings (SSSR count). The molecule has 15 heavy (non-hydrogen) atoms. The standard InChI is InChI=1S/C10H17N3O2/c1-10(2,3)8(9(14)15)11-4-7-5-12-13-6-7/h5-6,8,11H,4H2,1-3H3,(H,12,13)(H,14,15). The molecule has 1 aromatic heterocycles. The second-order valence-corrected chi connectivity index (χ2v) is 4.62. The summed E-state index contributed by atoms with van der Waals surface area (Å²) < 4.78 is 0. The van der Waals surface area contributed by atoms with Gasteiger partial charge >= 0.3 is 5.97 Å². The molecule has 0 saturated heterocycles. The minimum Gasteiger partial charge on any atom is -0.480 e. The highest BCUT2D eigenvalue weighted by Gasteiger charge is 2.30. The first kappa shape index (κ1) is 11.7. The molecular weight excluding hydrogens is 194 g/mol. The number of H-pyrrole nitrogens is 1. The number of aromatic amines is 1. The van der Waals surface area contributed by atoms with Crippen LogP contribution in [0.15, 0.2) is 12.4 Å². The van der Waals surface area contributed by atoms with Crippen molar-refractivity contribution in [2.24, 2.45) is 5.41 Å². The summed E-state index contributed by atoms with van der Waals surface area (Å²) in [5.74, 6) is -0.828. The van der Waals surface area contributed by atoms with Crippen molar-refractivity contribution in [3.8, 4) is 0 Å². The topological polar surface area (TPSA) is 78.0 Å². The quantitative estimate of drug-likeness (QED) is 0.694. The number of hydrogen-bond donors (Lipinski definition) is 3. The van der Waals surface area contributed by atoms with Crippen LogP contribution in [0, 0.1) is 5.41 Å². The van der Waals surface area contributed by atoms with Gasteiger partial charge in [-0.2, -0.15) is 5.10 Å². The first-order chi connectivity index (χ1) is 6.91. The number of carbonyl (C=O) groups is 1. The van der Waals surface area contributed by atoms with Crippen LogP contribution in [0.4, 0.5) is 0 Å². The van der Waals surface area contributed by atoms with Crippen molar-refractivity contribution in [3.05, 3.63) is 18.0 Å². The largest absolute Gasteiger partial charge is 0.480 e. The van der Waals surface area contributed by atoms with Crippen LogP contribution in [0.25, 0.3) is 0 Å². The molecule has 1 atom stereocenters. The lowest BCUT2D eigenvalue weighted by Gasteiger charge is -2.27. The Morgan fingerprint density at radius 1 is 1.67 bits per heavy atom. The molecule has 0 aliphatic carbocycles. The fraction of sp³-hybridized carbons (Fsp3) is 0.600.